The van der Waals surface area contributed by atoms with Gasteiger partial charge in [0.1, 0.15) is 0 Å². The van der Waals surface area contributed by atoms with E-state index in [-0.39, 0.29) is 24.5 Å². The third-order valence-corrected chi connectivity index (χ3v) is 4.69. The second-order valence-electron chi connectivity index (χ2n) is 6.15. The molecule has 1 aromatic rings. The van der Waals surface area contributed by atoms with Crippen molar-refractivity contribution in [2.75, 3.05) is 19.6 Å². The Morgan fingerprint density at radius 1 is 1.17 bits per heavy atom. The van der Waals surface area contributed by atoms with Crippen molar-refractivity contribution >= 4 is 23.3 Å². The Morgan fingerprint density at radius 3 is 2.57 bits per heavy atom. The van der Waals surface area contributed by atoms with Gasteiger partial charge < -0.3 is 5.32 Å². The minimum absolute atomic E-state index is 0.0748. The van der Waals surface area contributed by atoms with Crippen LogP contribution in [0.2, 0.25) is 5.02 Å². The molecule has 1 atom stereocenters. The van der Waals surface area contributed by atoms with Gasteiger partial charge in [-0.25, -0.2) is 0 Å². The van der Waals surface area contributed by atoms with Crippen LogP contribution < -0.4 is 5.32 Å². The molecule has 0 aliphatic carbocycles. The average molecular weight is 337 g/mol. The first-order valence-electron chi connectivity index (χ1n) is 8.36. The lowest BCUT2D eigenvalue weighted by atomic mass is 10.1. The van der Waals surface area contributed by atoms with Gasteiger partial charge in [0, 0.05) is 31.0 Å². The maximum Gasteiger partial charge on any atom is 0.220 e. The Morgan fingerprint density at radius 2 is 1.87 bits per heavy atom. The molecule has 23 heavy (non-hydrogen) atoms. The number of hydrogen-bond donors (Lipinski definition) is 1. The van der Waals surface area contributed by atoms with Gasteiger partial charge in [-0.1, -0.05) is 30.2 Å². The van der Waals surface area contributed by atoms with Crippen LogP contribution >= 0.6 is 11.6 Å². The van der Waals surface area contributed by atoms with Gasteiger partial charge in [-0.05, 0) is 45.0 Å². The van der Waals surface area contributed by atoms with Crippen LogP contribution in [0.1, 0.15) is 49.4 Å². The summed E-state index contributed by atoms with van der Waals surface area (Å²) in [4.78, 5) is 26.4. The number of hydrogen-bond acceptors (Lipinski definition) is 3. The predicted molar refractivity (Wildman–Crippen MR) is 92.9 cm³/mol. The molecule has 4 nitrogen and oxygen atoms in total. The third-order valence-electron chi connectivity index (χ3n) is 4.36. The summed E-state index contributed by atoms with van der Waals surface area (Å²) in [5.74, 6) is -0.163. The van der Waals surface area contributed by atoms with Crippen LogP contribution in [0, 0.1) is 0 Å². The molecule has 0 saturated carbocycles. The fraction of sp³-hybridized carbons (Fsp3) is 0.556. The number of rotatable bonds is 7. The quantitative estimate of drug-likeness (QED) is 0.777. The van der Waals surface area contributed by atoms with Gasteiger partial charge in [-0.3, -0.25) is 14.5 Å². The highest BCUT2D eigenvalue weighted by Gasteiger charge is 2.17. The highest BCUT2D eigenvalue weighted by atomic mass is 35.5. The zero-order valence-electron chi connectivity index (χ0n) is 13.7. The van der Waals surface area contributed by atoms with Gasteiger partial charge in [0.05, 0.1) is 5.02 Å². The summed E-state index contributed by atoms with van der Waals surface area (Å²) in [6, 6.07) is 7.29. The Kier molecular flexibility index (Phi) is 7.06. The van der Waals surface area contributed by atoms with Crippen LogP contribution in [-0.2, 0) is 4.79 Å². The van der Waals surface area contributed by atoms with Crippen molar-refractivity contribution in [1.82, 2.24) is 10.2 Å². The zero-order valence-corrected chi connectivity index (χ0v) is 14.4. The van der Waals surface area contributed by atoms with E-state index in [1.54, 1.807) is 24.3 Å². The number of benzene rings is 1. The summed E-state index contributed by atoms with van der Waals surface area (Å²) in [7, 11) is 0. The zero-order chi connectivity index (χ0) is 16.7. The fourth-order valence-corrected chi connectivity index (χ4v) is 3.13. The van der Waals surface area contributed by atoms with Crippen molar-refractivity contribution in [2.24, 2.45) is 0 Å². The maximum absolute atomic E-state index is 12.1. The second-order valence-corrected chi connectivity index (χ2v) is 6.56. The molecule has 1 aliphatic rings. The molecule has 0 bridgehead atoms. The topological polar surface area (TPSA) is 49.4 Å². The van der Waals surface area contributed by atoms with Gasteiger partial charge in [-0.15, -0.1) is 0 Å². The predicted octanol–water partition coefficient (Wildman–Crippen LogP) is 3.29. The van der Waals surface area contributed by atoms with E-state index in [1.165, 1.54) is 19.3 Å². The maximum atomic E-state index is 12.1. The van der Waals surface area contributed by atoms with Crippen molar-refractivity contribution in [3.05, 3.63) is 34.9 Å². The largest absolute Gasteiger partial charge is 0.355 e. The first kappa shape index (κ1) is 18.0. The Hall–Kier alpha value is -1.39. The van der Waals surface area contributed by atoms with Gasteiger partial charge in [-0.2, -0.15) is 0 Å². The highest BCUT2D eigenvalue weighted by Crippen LogP contribution is 2.17. The highest BCUT2D eigenvalue weighted by molar-refractivity contribution is 6.34. The van der Waals surface area contributed by atoms with Crippen LogP contribution in [0.4, 0.5) is 0 Å². The van der Waals surface area contributed by atoms with Crippen molar-refractivity contribution in [1.29, 1.82) is 0 Å². The SMILES string of the molecule is CC(CNC(=O)CCC(=O)c1ccccc1Cl)N1CCCCC1. The van der Waals surface area contributed by atoms with Gasteiger partial charge in [0.15, 0.2) is 5.78 Å². The number of nitrogens with zero attached hydrogens (tertiary/aromatic N) is 1. The Labute approximate surface area is 143 Å². The van der Waals surface area contributed by atoms with Gasteiger partial charge in [0.2, 0.25) is 5.91 Å². The molecule has 1 aliphatic heterocycles. The molecule has 1 amide bonds. The molecule has 0 aromatic heterocycles. The number of carbonyl (C=O) groups is 2. The minimum atomic E-state index is -0.0881. The molecule has 1 unspecified atom stereocenters. The van der Waals surface area contributed by atoms with E-state index < -0.39 is 0 Å². The lowest BCUT2D eigenvalue weighted by Crippen LogP contribution is -2.44. The summed E-state index contributed by atoms with van der Waals surface area (Å²) in [5, 5.41) is 3.38. The average Bonchev–Trinajstić information content (AvgIpc) is 2.58. The number of amides is 1. The molecule has 126 valence electrons. The number of carbonyl (C=O) groups excluding carboxylic acids is 2. The summed E-state index contributed by atoms with van der Waals surface area (Å²) >= 11 is 6.00. The number of Topliss-reactive ketones (excluding diaryl/α,β-unsaturated/α-hetero) is 1. The molecular formula is C18H25ClN2O2. The standard InChI is InChI=1S/C18H25ClN2O2/c1-14(21-11-5-2-6-12-21)13-20-18(23)10-9-17(22)15-7-3-4-8-16(15)19/h3-4,7-8,14H,2,5-6,9-13H2,1H3,(H,20,23). The van der Waals surface area contributed by atoms with Crippen molar-refractivity contribution in [3.8, 4) is 0 Å². The van der Waals surface area contributed by atoms with Gasteiger partial charge in [0.25, 0.3) is 0 Å². The smallest absolute Gasteiger partial charge is 0.220 e. The molecule has 0 spiro atoms. The van der Waals surface area contributed by atoms with E-state index in [0.29, 0.717) is 23.2 Å². The normalized spacial score (nSPS) is 16.8. The first-order valence-corrected chi connectivity index (χ1v) is 8.74. The van der Waals surface area contributed by atoms with Crippen LogP contribution in [-0.4, -0.2) is 42.3 Å². The molecule has 2 rings (SSSR count). The van der Waals surface area contributed by atoms with Crippen LogP contribution in [0.15, 0.2) is 24.3 Å². The number of piperidine rings is 1. The third kappa shape index (κ3) is 5.63. The molecule has 1 N–H and O–H groups in total. The number of halogens is 1. The van der Waals surface area contributed by atoms with Gasteiger partial charge >= 0.3 is 0 Å². The van der Waals surface area contributed by atoms with E-state index >= 15 is 0 Å². The molecule has 5 heteroatoms. The van der Waals surface area contributed by atoms with Crippen LogP contribution in [0.5, 0.6) is 0 Å². The fourth-order valence-electron chi connectivity index (χ4n) is 2.89. The molecule has 1 heterocycles. The lowest BCUT2D eigenvalue weighted by molar-refractivity contribution is -0.121. The van der Waals surface area contributed by atoms with Crippen molar-refractivity contribution < 1.29 is 9.59 Å². The molecule has 0 radical (unpaired) electrons. The summed E-state index contributed by atoms with van der Waals surface area (Å²) < 4.78 is 0. The Bertz CT molecular complexity index is 542. The molecule has 1 aromatic carbocycles. The summed E-state index contributed by atoms with van der Waals surface area (Å²) in [6.45, 7) is 5.00. The number of nitrogens with one attached hydrogen (secondary N) is 1. The van der Waals surface area contributed by atoms with E-state index in [0.717, 1.165) is 13.1 Å². The molecular weight excluding hydrogens is 312 g/mol. The van der Waals surface area contributed by atoms with Crippen molar-refractivity contribution in [3.63, 3.8) is 0 Å². The lowest BCUT2D eigenvalue weighted by Gasteiger charge is -2.32. The second kappa shape index (κ2) is 9.04. The van der Waals surface area contributed by atoms with Crippen LogP contribution in [0.25, 0.3) is 0 Å². The van der Waals surface area contributed by atoms with E-state index in [4.69, 9.17) is 11.6 Å². The van der Waals surface area contributed by atoms with Crippen LogP contribution in [0.3, 0.4) is 0 Å². The van der Waals surface area contributed by atoms with E-state index in [1.807, 2.05) is 0 Å². The molecule has 1 fully saturated rings. The van der Waals surface area contributed by atoms with E-state index in [9.17, 15) is 9.59 Å². The summed E-state index contributed by atoms with van der Waals surface area (Å²) in [6.07, 6.45) is 4.18. The summed E-state index contributed by atoms with van der Waals surface area (Å²) in [5.41, 5.74) is 0.489. The Balaban J connectivity index is 1.70. The monoisotopic (exact) mass is 336 g/mol. The van der Waals surface area contributed by atoms with Crippen molar-refractivity contribution in [2.45, 2.75) is 45.1 Å². The van der Waals surface area contributed by atoms with E-state index in [2.05, 4.69) is 17.1 Å². The number of likely N-dealkylation sites (tertiary alicyclic amines) is 1. The molecule has 1 saturated heterocycles. The number of ketones is 1. The first-order chi connectivity index (χ1) is 11.1. The minimum Gasteiger partial charge on any atom is -0.355 e.